The first-order valence-electron chi connectivity index (χ1n) is 5.58. The molecule has 0 aliphatic carbocycles. The van der Waals surface area contributed by atoms with Crippen LogP contribution in [-0.2, 0) is 16.1 Å². The maximum atomic E-state index is 10.4. The Kier molecular flexibility index (Phi) is 6.54. The summed E-state index contributed by atoms with van der Waals surface area (Å²) in [7, 11) is 0. The van der Waals surface area contributed by atoms with E-state index < -0.39 is 18.1 Å². The molecule has 0 radical (unpaired) electrons. The second-order valence-electron chi connectivity index (χ2n) is 4.04. The average molecular weight is 308 g/mol. The number of hydrogen-bond donors (Lipinski definition) is 3. The van der Waals surface area contributed by atoms with Crippen LogP contribution in [0, 0.1) is 0 Å². The third kappa shape index (κ3) is 5.34. The van der Waals surface area contributed by atoms with Crippen molar-refractivity contribution in [2.75, 3.05) is 6.61 Å². The summed E-state index contributed by atoms with van der Waals surface area (Å²) in [4.78, 5) is 10.4. The van der Waals surface area contributed by atoms with Gasteiger partial charge in [-0.25, -0.2) is 0 Å². The Morgan fingerprint density at radius 2 is 1.95 bits per heavy atom. The minimum Gasteiger partial charge on any atom is -0.481 e. The Labute approximate surface area is 120 Å². The molecule has 0 spiro atoms. The molecule has 0 aliphatic rings. The third-order valence-corrected chi connectivity index (χ3v) is 3.21. The number of ether oxygens (including phenoxy) is 1. The molecule has 106 valence electrons. The van der Waals surface area contributed by atoms with Gasteiger partial charge in [0.2, 0.25) is 0 Å². The molecule has 5 nitrogen and oxygen atoms in total. The van der Waals surface area contributed by atoms with Gasteiger partial charge in [-0.2, -0.15) is 0 Å². The van der Waals surface area contributed by atoms with E-state index in [9.17, 15) is 9.90 Å². The molecule has 0 fully saturated rings. The zero-order valence-electron chi connectivity index (χ0n) is 10.1. The van der Waals surface area contributed by atoms with Crippen LogP contribution in [0.4, 0.5) is 0 Å². The van der Waals surface area contributed by atoms with Crippen molar-refractivity contribution in [2.45, 2.75) is 25.2 Å². The van der Waals surface area contributed by atoms with Crippen LogP contribution < -0.4 is 5.73 Å². The van der Waals surface area contributed by atoms with Gasteiger partial charge in [-0.1, -0.05) is 29.3 Å². The van der Waals surface area contributed by atoms with Crippen LogP contribution in [0.15, 0.2) is 18.2 Å². The summed E-state index contributed by atoms with van der Waals surface area (Å²) in [6, 6.07) is 4.20. The van der Waals surface area contributed by atoms with E-state index in [1.54, 1.807) is 18.2 Å². The number of carboxylic acid groups (broad SMARTS) is 1. The predicted molar refractivity (Wildman–Crippen MR) is 72.4 cm³/mol. The van der Waals surface area contributed by atoms with E-state index in [4.69, 9.17) is 38.8 Å². The van der Waals surface area contributed by atoms with E-state index in [2.05, 4.69) is 0 Å². The average Bonchev–Trinajstić information content (AvgIpc) is 2.31. The summed E-state index contributed by atoms with van der Waals surface area (Å²) in [5, 5.41) is 19.1. The van der Waals surface area contributed by atoms with Crippen LogP contribution in [0.25, 0.3) is 0 Å². The lowest BCUT2D eigenvalue weighted by Crippen LogP contribution is -2.39. The van der Waals surface area contributed by atoms with Crippen molar-refractivity contribution in [2.24, 2.45) is 5.73 Å². The Balaban J connectivity index is 2.44. The number of aliphatic carboxylic acids is 1. The minimum atomic E-state index is -1.07. The van der Waals surface area contributed by atoms with Gasteiger partial charge in [-0.15, -0.1) is 0 Å². The number of rotatable bonds is 7. The van der Waals surface area contributed by atoms with Gasteiger partial charge in [0.15, 0.2) is 0 Å². The quantitative estimate of drug-likeness (QED) is 0.712. The molecule has 0 saturated carbocycles. The minimum absolute atomic E-state index is 0.0873. The second kappa shape index (κ2) is 7.67. The number of halogens is 2. The number of carboxylic acids is 1. The summed E-state index contributed by atoms with van der Waals surface area (Å²) < 4.78 is 5.25. The maximum absolute atomic E-state index is 10.4. The third-order valence-electron chi connectivity index (χ3n) is 2.50. The first kappa shape index (κ1) is 16.2. The molecule has 1 aromatic carbocycles. The van der Waals surface area contributed by atoms with Crippen molar-refractivity contribution in [3.8, 4) is 0 Å². The molecular weight excluding hydrogens is 293 g/mol. The molecule has 1 aromatic rings. The molecule has 0 amide bonds. The van der Waals surface area contributed by atoms with Crippen LogP contribution in [0.1, 0.15) is 12.0 Å². The molecule has 4 N–H and O–H groups in total. The first-order chi connectivity index (χ1) is 8.91. The van der Waals surface area contributed by atoms with Crippen LogP contribution in [0.5, 0.6) is 0 Å². The molecule has 19 heavy (non-hydrogen) atoms. The standard InChI is InChI=1S/C12H15Cl2NO4/c13-8-2-1-3-9(14)7(8)5-19-6-11(16)10(15)4-12(17)18/h1-3,10-11,16H,4-6,15H2,(H,17,18). The van der Waals surface area contributed by atoms with Crippen LogP contribution >= 0.6 is 23.2 Å². The van der Waals surface area contributed by atoms with Crippen molar-refractivity contribution in [3.05, 3.63) is 33.8 Å². The topological polar surface area (TPSA) is 92.8 Å². The number of hydrogen-bond acceptors (Lipinski definition) is 4. The maximum Gasteiger partial charge on any atom is 0.305 e. The Bertz CT molecular complexity index is 421. The second-order valence-corrected chi connectivity index (χ2v) is 4.86. The van der Waals surface area contributed by atoms with Gasteiger partial charge in [-0.05, 0) is 12.1 Å². The summed E-state index contributed by atoms with van der Waals surface area (Å²) >= 11 is 11.9. The van der Waals surface area contributed by atoms with E-state index in [-0.39, 0.29) is 19.6 Å². The lowest BCUT2D eigenvalue weighted by Gasteiger charge is -2.17. The fourth-order valence-corrected chi connectivity index (χ4v) is 1.92. The monoisotopic (exact) mass is 307 g/mol. The van der Waals surface area contributed by atoms with Crippen molar-refractivity contribution in [1.29, 1.82) is 0 Å². The summed E-state index contributed by atoms with van der Waals surface area (Å²) in [6.07, 6.45) is -1.38. The van der Waals surface area contributed by atoms with Crippen LogP contribution in [-0.4, -0.2) is 34.9 Å². The van der Waals surface area contributed by atoms with Gasteiger partial charge in [0.25, 0.3) is 0 Å². The molecule has 0 saturated heterocycles. The number of aliphatic hydroxyl groups is 1. The molecule has 0 bridgehead atoms. The molecule has 0 heterocycles. The number of carbonyl (C=O) groups is 1. The number of aliphatic hydroxyl groups excluding tert-OH is 1. The molecule has 1 rings (SSSR count). The summed E-state index contributed by atoms with van der Waals surface area (Å²) in [6.45, 7) is 0.0331. The van der Waals surface area contributed by atoms with E-state index in [0.29, 0.717) is 15.6 Å². The van der Waals surface area contributed by atoms with Gasteiger partial charge in [0.1, 0.15) is 0 Å². The molecular formula is C12H15Cl2NO4. The van der Waals surface area contributed by atoms with Gasteiger partial charge in [0, 0.05) is 21.7 Å². The number of benzene rings is 1. The highest BCUT2D eigenvalue weighted by Crippen LogP contribution is 2.24. The Morgan fingerprint density at radius 1 is 1.37 bits per heavy atom. The highest BCUT2D eigenvalue weighted by atomic mass is 35.5. The Morgan fingerprint density at radius 3 is 2.47 bits per heavy atom. The predicted octanol–water partition coefficient (Wildman–Crippen LogP) is 1.67. The Hall–Kier alpha value is -0.850. The SMILES string of the molecule is NC(CC(=O)O)C(O)COCc1c(Cl)cccc1Cl. The van der Waals surface area contributed by atoms with E-state index in [0.717, 1.165) is 0 Å². The van der Waals surface area contributed by atoms with Gasteiger partial charge < -0.3 is 20.7 Å². The summed E-state index contributed by atoms with van der Waals surface area (Å²) in [5.41, 5.74) is 6.11. The van der Waals surface area contributed by atoms with Gasteiger partial charge >= 0.3 is 5.97 Å². The van der Waals surface area contributed by atoms with E-state index in [1.807, 2.05) is 0 Å². The fraction of sp³-hybridized carbons (Fsp3) is 0.417. The fourth-order valence-electron chi connectivity index (χ4n) is 1.41. The van der Waals surface area contributed by atoms with Crippen molar-refractivity contribution in [1.82, 2.24) is 0 Å². The zero-order chi connectivity index (χ0) is 14.4. The normalized spacial score (nSPS) is 14.1. The molecule has 0 aromatic heterocycles. The smallest absolute Gasteiger partial charge is 0.305 e. The van der Waals surface area contributed by atoms with E-state index >= 15 is 0 Å². The summed E-state index contributed by atoms with van der Waals surface area (Å²) in [5.74, 6) is -1.07. The largest absolute Gasteiger partial charge is 0.481 e. The highest BCUT2D eigenvalue weighted by molar-refractivity contribution is 6.35. The number of nitrogens with two attached hydrogens (primary N) is 1. The molecule has 0 aliphatic heterocycles. The highest BCUT2D eigenvalue weighted by Gasteiger charge is 2.18. The van der Waals surface area contributed by atoms with Crippen molar-refractivity contribution < 1.29 is 19.7 Å². The van der Waals surface area contributed by atoms with Crippen molar-refractivity contribution in [3.63, 3.8) is 0 Å². The lowest BCUT2D eigenvalue weighted by atomic mass is 10.1. The molecule has 2 atom stereocenters. The molecule has 2 unspecified atom stereocenters. The zero-order valence-corrected chi connectivity index (χ0v) is 11.6. The van der Waals surface area contributed by atoms with Crippen molar-refractivity contribution >= 4 is 29.2 Å². The van der Waals surface area contributed by atoms with Gasteiger partial charge in [-0.3, -0.25) is 4.79 Å². The van der Waals surface area contributed by atoms with Crippen LogP contribution in [0.3, 0.4) is 0 Å². The first-order valence-corrected chi connectivity index (χ1v) is 6.33. The van der Waals surface area contributed by atoms with Gasteiger partial charge in [0.05, 0.1) is 25.7 Å². The van der Waals surface area contributed by atoms with E-state index in [1.165, 1.54) is 0 Å². The molecule has 7 heteroatoms. The van der Waals surface area contributed by atoms with Crippen LogP contribution in [0.2, 0.25) is 10.0 Å². The lowest BCUT2D eigenvalue weighted by molar-refractivity contribution is -0.138.